The topological polar surface area (TPSA) is 71.1 Å². The Bertz CT molecular complexity index is 940. The van der Waals surface area contributed by atoms with Crippen molar-refractivity contribution in [1.82, 2.24) is 4.98 Å². The molecule has 0 spiro atoms. The molecule has 0 atom stereocenters. The minimum absolute atomic E-state index is 0.0354. The molecule has 120 valence electrons. The van der Waals surface area contributed by atoms with Gasteiger partial charge in [0.15, 0.2) is 0 Å². The monoisotopic (exact) mass is 323 g/mol. The van der Waals surface area contributed by atoms with Gasteiger partial charge in [-0.05, 0) is 30.3 Å². The summed E-state index contributed by atoms with van der Waals surface area (Å²) in [5.41, 5.74) is 1.55. The predicted octanol–water partition coefficient (Wildman–Crippen LogP) is 3.58. The zero-order valence-electron chi connectivity index (χ0n) is 12.8. The first-order chi connectivity index (χ1) is 11.5. The number of halogens is 1. The molecule has 1 aromatic heterocycles. The van der Waals surface area contributed by atoms with Crippen molar-refractivity contribution in [3.63, 3.8) is 0 Å². The number of anilines is 2. The molecule has 1 heterocycles. The van der Waals surface area contributed by atoms with Gasteiger partial charge in [0.25, 0.3) is 5.91 Å². The molecule has 2 aromatic carbocycles. The van der Waals surface area contributed by atoms with Gasteiger partial charge in [0, 0.05) is 17.9 Å². The molecule has 0 unspecified atom stereocenters. The summed E-state index contributed by atoms with van der Waals surface area (Å²) >= 11 is 0. The number of hydrogen-bond donors (Lipinski definition) is 2. The molecule has 0 saturated heterocycles. The number of hydrogen-bond acceptors (Lipinski definition) is 3. The lowest BCUT2D eigenvalue weighted by atomic mass is 10.1. The molecule has 2 amide bonds. The Morgan fingerprint density at radius 2 is 1.83 bits per heavy atom. The fourth-order valence-corrected chi connectivity index (χ4v) is 2.29. The van der Waals surface area contributed by atoms with Crippen LogP contribution in [0, 0.1) is 5.82 Å². The molecule has 6 heteroatoms. The van der Waals surface area contributed by atoms with Gasteiger partial charge in [-0.25, -0.2) is 4.39 Å². The van der Waals surface area contributed by atoms with E-state index in [1.54, 1.807) is 12.3 Å². The lowest BCUT2D eigenvalue weighted by Gasteiger charge is -2.09. The van der Waals surface area contributed by atoms with Crippen molar-refractivity contribution in [2.75, 3.05) is 10.6 Å². The molecule has 0 radical (unpaired) electrons. The number of carbonyl (C=O) groups excluding carboxylic acids is 2. The summed E-state index contributed by atoms with van der Waals surface area (Å²) in [5, 5.41) is 5.96. The Hall–Kier alpha value is -3.28. The van der Waals surface area contributed by atoms with Crippen molar-refractivity contribution in [3.05, 3.63) is 66.1 Å². The third kappa shape index (κ3) is 3.38. The number of nitrogens with zero attached hydrogens (tertiary/aromatic N) is 1. The number of benzene rings is 2. The molecule has 24 heavy (non-hydrogen) atoms. The van der Waals surface area contributed by atoms with Gasteiger partial charge in [-0.1, -0.05) is 18.2 Å². The fourth-order valence-electron chi connectivity index (χ4n) is 2.29. The van der Waals surface area contributed by atoms with Crippen LogP contribution in [0.1, 0.15) is 17.3 Å². The number of amides is 2. The quantitative estimate of drug-likeness (QED) is 0.774. The van der Waals surface area contributed by atoms with Crippen LogP contribution in [0.2, 0.25) is 0 Å². The lowest BCUT2D eigenvalue weighted by molar-refractivity contribution is -0.114. The Kier molecular flexibility index (Phi) is 4.20. The molecule has 0 bridgehead atoms. The van der Waals surface area contributed by atoms with E-state index in [2.05, 4.69) is 15.6 Å². The largest absolute Gasteiger partial charge is 0.324 e. The lowest BCUT2D eigenvalue weighted by Crippen LogP contribution is -2.14. The third-order valence-electron chi connectivity index (χ3n) is 3.39. The van der Waals surface area contributed by atoms with E-state index in [0.29, 0.717) is 5.69 Å². The highest BCUT2D eigenvalue weighted by Gasteiger charge is 2.11. The molecule has 5 nitrogen and oxygen atoms in total. The first-order valence-corrected chi connectivity index (χ1v) is 7.26. The van der Waals surface area contributed by atoms with Crippen LogP contribution in [0.15, 0.2) is 54.7 Å². The van der Waals surface area contributed by atoms with Gasteiger partial charge in [0.05, 0.1) is 23.1 Å². The van der Waals surface area contributed by atoms with Gasteiger partial charge < -0.3 is 10.6 Å². The van der Waals surface area contributed by atoms with Crippen LogP contribution in [0.25, 0.3) is 10.9 Å². The normalized spacial score (nSPS) is 10.4. The van der Waals surface area contributed by atoms with E-state index < -0.39 is 17.6 Å². The average molecular weight is 323 g/mol. The van der Waals surface area contributed by atoms with Crippen LogP contribution < -0.4 is 10.6 Å². The van der Waals surface area contributed by atoms with Crippen molar-refractivity contribution < 1.29 is 14.0 Å². The number of aromatic nitrogens is 1. The number of fused-ring (bicyclic) bond motifs is 1. The molecule has 3 rings (SSSR count). The molecular formula is C18H14FN3O2. The Balaban J connectivity index is 1.84. The van der Waals surface area contributed by atoms with E-state index in [1.807, 2.05) is 24.3 Å². The minimum atomic E-state index is -0.603. The summed E-state index contributed by atoms with van der Waals surface area (Å²) in [6.07, 6.45) is 1.55. The van der Waals surface area contributed by atoms with E-state index in [0.717, 1.165) is 17.0 Å². The van der Waals surface area contributed by atoms with E-state index >= 15 is 0 Å². The molecule has 0 fully saturated rings. The maximum atomic E-state index is 13.6. The standard InChI is InChI=1S/C18H14FN3O2/c1-11(23)21-17-9-13(6-7-15(17)19)18(24)22-14-8-12-4-2-3-5-16(12)20-10-14/h2-10H,1H3,(H,21,23)(H,22,24). The first-order valence-electron chi connectivity index (χ1n) is 7.26. The highest BCUT2D eigenvalue weighted by atomic mass is 19.1. The first kappa shape index (κ1) is 15.6. The zero-order chi connectivity index (χ0) is 17.1. The summed E-state index contributed by atoms with van der Waals surface area (Å²) in [5.74, 6) is -1.43. The summed E-state index contributed by atoms with van der Waals surface area (Å²) < 4.78 is 13.6. The van der Waals surface area contributed by atoms with Crippen LogP contribution in [0.4, 0.5) is 15.8 Å². The van der Waals surface area contributed by atoms with Crippen molar-refractivity contribution in [3.8, 4) is 0 Å². The molecule has 0 saturated carbocycles. The summed E-state index contributed by atoms with van der Waals surface area (Å²) in [7, 11) is 0. The predicted molar refractivity (Wildman–Crippen MR) is 90.4 cm³/mol. The van der Waals surface area contributed by atoms with E-state index in [-0.39, 0.29) is 11.3 Å². The molecule has 0 aliphatic heterocycles. The highest BCUT2D eigenvalue weighted by Crippen LogP contribution is 2.19. The van der Waals surface area contributed by atoms with E-state index in [4.69, 9.17) is 0 Å². The number of para-hydroxylation sites is 1. The van der Waals surface area contributed by atoms with Crippen molar-refractivity contribution >= 4 is 34.1 Å². The zero-order valence-corrected chi connectivity index (χ0v) is 12.8. The maximum Gasteiger partial charge on any atom is 0.255 e. The van der Waals surface area contributed by atoms with Crippen molar-refractivity contribution in [2.45, 2.75) is 6.92 Å². The number of nitrogens with one attached hydrogen (secondary N) is 2. The average Bonchev–Trinajstić information content (AvgIpc) is 2.56. The molecule has 3 aromatic rings. The van der Waals surface area contributed by atoms with Crippen LogP contribution in [0.3, 0.4) is 0 Å². The van der Waals surface area contributed by atoms with Gasteiger partial charge in [-0.3, -0.25) is 14.6 Å². The Labute approximate surface area is 137 Å². The summed E-state index contributed by atoms with van der Waals surface area (Å²) in [4.78, 5) is 27.7. The molecule has 2 N–H and O–H groups in total. The summed E-state index contributed by atoms with van der Waals surface area (Å²) in [6.45, 7) is 1.27. The SMILES string of the molecule is CC(=O)Nc1cc(C(=O)Nc2cnc3ccccc3c2)ccc1F. The van der Waals surface area contributed by atoms with Gasteiger partial charge >= 0.3 is 0 Å². The highest BCUT2D eigenvalue weighted by molar-refractivity contribution is 6.05. The molecule has 0 aliphatic carbocycles. The van der Waals surface area contributed by atoms with Crippen molar-refractivity contribution in [1.29, 1.82) is 0 Å². The second-order valence-electron chi connectivity index (χ2n) is 5.25. The Morgan fingerprint density at radius 1 is 1.04 bits per heavy atom. The van der Waals surface area contributed by atoms with Gasteiger partial charge in [0.1, 0.15) is 5.82 Å². The van der Waals surface area contributed by atoms with Crippen molar-refractivity contribution in [2.24, 2.45) is 0 Å². The molecule has 0 aliphatic rings. The molecular weight excluding hydrogens is 309 g/mol. The van der Waals surface area contributed by atoms with Gasteiger partial charge in [0.2, 0.25) is 5.91 Å². The Morgan fingerprint density at radius 3 is 2.62 bits per heavy atom. The van der Waals surface area contributed by atoms with Gasteiger partial charge in [-0.2, -0.15) is 0 Å². The van der Waals surface area contributed by atoms with Crippen LogP contribution in [0.5, 0.6) is 0 Å². The minimum Gasteiger partial charge on any atom is -0.324 e. The number of carbonyl (C=O) groups is 2. The van der Waals surface area contributed by atoms with E-state index in [9.17, 15) is 14.0 Å². The van der Waals surface area contributed by atoms with Gasteiger partial charge in [-0.15, -0.1) is 0 Å². The third-order valence-corrected chi connectivity index (χ3v) is 3.39. The maximum absolute atomic E-state index is 13.6. The van der Waals surface area contributed by atoms with Crippen LogP contribution >= 0.6 is 0 Å². The second-order valence-corrected chi connectivity index (χ2v) is 5.25. The van der Waals surface area contributed by atoms with E-state index in [1.165, 1.54) is 19.1 Å². The summed E-state index contributed by atoms with van der Waals surface area (Å²) in [6, 6.07) is 13.1. The van der Waals surface area contributed by atoms with Crippen LogP contribution in [-0.2, 0) is 4.79 Å². The number of rotatable bonds is 3. The number of pyridine rings is 1. The fraction of sp³-hybridized carbons (Fsp3) is 0.0556. The second kappa shape index (κ2) is 6.45. The van der Waals surface area contributed by atoms with Crippen LogP contribution in [-0.4, -0.2) is 16.8 Å². The smallest absolute Gasteiger partial charge is 0.255 e.